The van der Waals surface area contributed by atoms with Crippen molar-refractivity contribution >= 4 is 0 Å². The molecule has 70 valence electrons. The maximum atomic E-state index is 3.44. The highest BCUT2D eigenvalue weighted by Gasteiger charge is 2.46. The van der Waals surface area contributed by atoms with Crippen molar-refractivity contribution in [2.24, 2.45) is 5.92 Å². The van der Waals surface area contributed by atoms with Crippen LogP contribution >= 0.6 is 0 Å². The van der Waals surface area contributed by atoms with Crippen LogP contribution in [-0.2, 0) is 0 Å². The van der Waals surface area contributed by atoms with Gasteiger partial charge in [0.25, 0.3) is 0 Å². The molecule has 0 aromatic carbocycles. The number of rotatable bonds is 3. The van der Waals surface area contributed by atoms with E-state index in [0.29, 0.717) is 5.54 Å². The molecule has 2 fully saturated rings. The van der Waals surface area contributed by atoms with Crippen LogP contribution in [-0.4, -0.2) is 37.6 Å². The second-order valence-corrected chi connectivity index (χ2v) is 4.68. The lowest BCUT2D eigenvalue weighted by molar-refractivity contribution is 0.227. The summed E-state index contributed by atoms with van der Waals surface area (Å²) in [6, 6.07) is 0. The van der Waals surface area contributed by atoms with E-state index < -0.39 is 0 Å². The first kappa shape index (κ1) is 8.52. The molecule has 0 spiro atoms. The van der Waals surface area contributed by atoms with Crippen LogP contribution in [0.15, 0.2) is 0 Å². The monoisotopic (exact) mass is 168 g/mol. The van der Waals surface area contributed by atoms with Crippen LogP contribution in [0.1, 0.15) is 25.7 Å². The summed E-state index contributed by atoms with van der Waals surface area (Å²) in [6.45, 7) is 2.50. The van der Waals surface area contributed by atoms with Gasteiger partial charge in [0.05, 0.1) is 0 Å². The van der Waals surface area contributed by atoms with Gasteiger partial charge in [-0.25, -0.2) is 0 Å². The molecule has 0 aromatic heterocycles. The van der Waals surface area contributed by atoms with Crippen molar-refractivity contribution < 1.29 is 0 Å². The molecule has 2 heteroatoms. The van der Waals surface area contributed by atoms with Gasteiger partial charge in [-0.1, -0.05) is 0 Å². The highest BCUT2D eigenvalue weighted by Crippen LogP contribution is 2.45. The summed E-state index contributed by atoms with van der Waals surface area (Å²) in [4.78, 5) is 2.44. The summed E-state index contributed by atoms with van der Waals surface area (Å²) in [5.41, 5.74) is 0.608. The Morgan fingerprint density at radius 3 is 2.58 bits per heavy atom. The summed E-state index contributed by atoms with van der Waals surface area (Å²) < 4.78 is 0. The molecule has 1 saturated carbocycles. The van der Waals surface area contributed by atoms with Gasteiger partial charge in [-0.15, -0.1) is 0 Å². The average Bonchev–Trinajstić information content (AvgIpc) is 2.60. The number of hydrogen-bond donors (Lipinski definition) is 1. The Balaban J connectivity index is 1.85. The van der Waals surface area contributed by atoms with E-state index in [1.54, 1.807) is 0 Å². The highest BCUT2D eigenvalue weighted by atomic mass is 15.2. The molecule has 1 unspecified atom stereocenters. The number of nitrogens with zero attached hydrogens (tertiary/aromatic N) is 1. The fourth-order valence-electron chi connectivity index (χ4n) is 2.40. The average molecular weight is 168 g/mol. The largest absolute Gasteiger partial charge is 0.316 e. The number of hydrogen-bond acceptors (Lipinski definition) is 2. The van der Waals surface area contributed by atoms with E-state index in [0.717, 1.165) is 5.92 Å². The molecule has 0 amide bonds. The third-order valence-electron chi connectivity index (χ3n) is 3.61. The summed E-state index contributed by atoms with van der Waals surface area (Å²) in [5, 5.41) is 3.44. The van der Waals surface area contributed by atoms with E-state index in [1.807, 2.05) is 0 Å². The smallest absolute Gasteiger partial charge is 0.0208 e. The van der Waals surface area contributed by atoms with E-state index in [-0.39, 0.29) is 0 Å². The molecule has 2 nitrogen and oxygen atoms in total. The van der Waals surface area contributed by atoms with Gasteiger partial charge in [0.2, 0.25) is 0 Å². The van der Waals surface area contributed by atoms with Crippen molar-refractivity contribution in [3.05, 3.63) is 0 Å². The second-order valence-electron chi connectivity index (χ2n) is 4.68. The molecule has 0 aromatic rings. The van der Waals surface area contributed by atoms with Gasteiger partial charge in [0.1, 0.15) is 0 Å². The van der Waals surface area contributed by atoms with Gasteiger partial charge in [0.15, 0.2) is 0 Å². The summed E-state index contributed by atoms with van der Waals surface area (Å²) in [7, 11) is 4.46. The first-order valence-corrected chi connectivity index (χ1v) is 5.11. The molecule has 1 N–H and O–H groups in total. The Hall–Kier alpha value is -0.0800. The Morgan fingerprint density at radius 1 is 1.42 bits per heavy atom. The molecule has 1 heterocycles. The normalized spacial score (nSPS) is 32.8. The van der Waals surface area contributed by atoms with Crippen molar-refractivity contribution in [3.63, 3.8) is 0 Å². The van der Waals surface area contributed by atoms with Crippen LogP contribution in [0, 0.1) is 5.92 Å². The van der Waals surface area contributed by atoms with Crippen molar-refractivity contribution in [3.8, 4) is 0 Å². The summed E-state index contributed by atoms with van der Waals surface area (Å²) in [6.07, 6.45) is 5.68. The van der Waals surface area contributed by atoms with Gasteiger partial charge in [-0.3, -0.25) is 0 Å². The summed E-state index contributed by atoms with van der Waals surface area (Å²) in [5.74, 6) is 0.954. The molecule has 2 aliphatic rings. The highest BCUT2D eigenvalue weighted by molar-refractivity contribution is 5.03. The first-order chi connectivity index (χ1) is 5.73. The Kier molecular flexibility index (Phi) is 2.13. The van der Waals surface area contributed by atoms with Gasteiger partial charge in [0, 0.05) is 5.54 Å². The zero-order valence-corrected chi connectivity index (χ0v) is 8.27. The fraction of sp³-hybridized carbons (Fsp3) is 1.00. The van der Waals surface area contributed by atoms with E-state index in [1.165, 1.54) is 38.8 Å². The van der Waals surface area contributed by atoms with Crippen LogP contribution in [0.3, 0.4) is 0 Å². The minimum atomic E-state index is 0.608. The Morgan fingerprint density at radius 2 is 2.17 bits per heavy atom. The van der Waals surface area contributed by atoms with Gasteiger partial charge >= 0.3 is 0 Å². The van der Waals surface area contributed by atoms with E-state index >= 15 is 0 Å². The van der Waals surface area contributed by atoms with Gasteiger partial charge < -0.3 is 10.2 Å². The molecule has 12 heavy (non-hydrogen) atoms. The number of nitrogens with one attached hydrogen (secondary N) is 1. The molecule has 1 saturated heterocycles. The van der Waals surface area contributed by atoms with Gasteiger partial charge in [-0.2, -0.15) is 0 Å². The minimum Gasteiger partial charge on any atom is -0.316 e. The van der Waals surface area contributed by atoms with Crippen LogP contribution in [0.25, 0.3) is 0 Å². The maximum Gasteiger partial charge on any atom is 0.0208 e. The van der Waals surface area contributed by atoms with E-state index in [2.05, 4.69) is 24.3 Å². The zero-order chi connectivity index (χ0) is 8.60. The SMILES string of the molecule is CN(C)C1(CC2CCNC2)CC1. The van der Waals surface area contributed by atoms with Crippen molar-refractivity contribution in [1.29, 1.82) is 0 Å². The van der Waals surface area contributed by atoms with Crippen molar-refractivity contribution in [2.45, 2.75) is 31.2 Å². The zero-order valence-electron chi connectivity index (χ0n) is 8.27. The fourth-order valence-corrected chi connectivity index (χ4v) is 2.40. The molecule has 1 aliphatic carbocycles. The maximum absolute atomic E-state index is 3.44. The van der Waals surface area contributed by atoms with Crippen LogP contribution in [0.2, 0.25) is 0 Å². The second kappa shape index (κ2) is 3.00. The van der Waals surface area contributed by atoms with Crippen LogP contribution in [0.5, 0.6) is 0 Å². The molecule has 1 atom stereocenters. The standard InChI is InChI=1S/C10H20N2/c1-12(2)10(4-5-10)7-9-3-6-11-8-9/h9,11H,3-8H2,1-2H3. The summed E-state index contributed by atoms with van der Waals surface area (Å²) >= 11 is 0. The first-order valence-electron chi connectivity index (χ1n) is 5.11. The van der Waals surface area contributed by atoms with Crippen molar-refractivity contribution in [2.75, 3.05) is 27.2 Å². The van der Waals surface area contributed by atoms with E-state index in [4.69, 9.17) is 0 Å². The third kappa shape index (κ3) is 1.50. The van der Waals surface area contributed by atoms with Crippen LogP contribution in [0.4, 0.5) is 0 Å². The Bertz CT molecular complexity index is 155. The molecular weight excluding hydrogens is 148 g/mol. The predicted molar refractivity (Wildman–Crippen MR) is 51.2 cm³/mol. The molecular formula is C10H20N2. The van der Waals surface area contributed by atoms with Crippen LogP contribution < -0.4 is 5.32 Å². The lowest BCUT2D eigenvalue weighted by Gasteiger charge is -2.26. The minimum absolute atomic E-state index is 0.608. The lowest BCUT2D eigenvalue weighted by atomic mass is 9.97. The molecule has 0 radical (unpaired) electrons. The molecule has 2 rings (SSSR count). The molecule has 0 bridgehead atoms. The van der Waals surface area contributed by atoms with Crippen molar-refractivity contribution in [1.82, 2.24) is 10.2 Å². The third-order valence-corrected chi connectivity index (χ3v) is 3.61. The quantitative estimate of drug-likeness (QED) is 0.678. The topological polar surface area (TPSA) is 15.3 Å². The lowest BCUT2D eigenvalue weighted by Crippen LogP contribution is -2.32. The predicted octanol–water partition coefficient (Wildman–Crippen LogP) is 1.08. The Labute approximate surface area is 75.3 Å². The molecule has 1 aliphatic heterocycles. The van der Waals surface area contributed by atoms with E-state index in [9.17, 15) is 0 Å². The van der Waals surface area contributed by atoms with Gasteiger partial charge in [-0.05, 0) is 58.8 Å².